The first-order valence-electron chi connectivity index (χ1n) is 5.17. The molecule has 1 aliphatic carbocycles. The fourth-order valence-corrected chi connectivity index (χ4v) is 3.82. The molecule has 0 aromatic carbocycles. The monoisotopic (exact) mass is 264 g/mol. The molecule has 0 amide bonds. The molecular formula is C10H17BrOS. The second-order valence-corrected chi connectivity index (χ2v) is 5.92. The van der Waals surface area contributed by atoms with Crippen molar-refractivity contribution in [3.63, 3.8) is 0 Å². The van der Waals surface area contributed by atoms with Gasteiger partial charge in [-0.1, -0.05) is 15.9 Å². The van der Waals surface area contributed by atoms with Crippen LogP contribution in [0.25, 0.3) is 0 Å². The van der Waals surface area contributed by atoms with Gasteiger partial charge in [-0.2, -0.15) is 11.8 Å². The van der Waals surface area contributed by atoms with Gasteiger partial charge in [0, 0.05) is 5.33 Å². The number of thioether (sulfide) groups is 1. The standard InChI is InChI=1S/C10H17BrOS/c11-3-4-12-10-6-8-7-13-5-1-2-9(8)10/h8-10H,1-7H2/t8-,9+,10-/m1/s1. The van der Waals surface area contributed by atoms with Crippen LogP contribution in [-0.2, 0) is 4.74 Å². The van der Waals surface area contributed by atoms with E-state index in [1.807, 2.05) is 0 Å². The van der Waals surface area contributed by atoms with E-state index in [0.29, 0.717) is 6.10 Å². The third-order valence-corrected chi connectivity index (χ3v) is 4.75. The van der Waals surface area contributed by atoms with Crippen LogP contribution in [0.15, 0.2) is 0 Å². The van der Waals surface area contributed by atoms with Crippen LogP contribution in [-0.4, -0.2) is 29.5 Å². The number of rotatable bonds is 3. The Labute approximate surface area is 93.1 Å². The van der Waals surface area contributed by atoms with Crippen LogP contribution in [0.5, 0.6) is 0 Å². The first kappa shape index (κ1) is 10.3. The Morgan fingerprint density at radius 3 is 3.23 bits per heavy atom. The molecule has 1 aliphatic heterocycles. The number of ether oxygens (including phenoxy) is 1. The van der Waals surface area contributed by atoms with Crippen molar-refractivity contribution in [2.45, 2.75) is 25.4 Å². The minimum Gasteiger partial charge on any atom is -0.377 e. The topological polar surface area (TPSA) is 9.23 Å². The normalized spacial score (nSPS) is 39.0. The van der Waals surface area contributed by atoms with Crippen LogP contribution < -0.4 is 0 Å². The lowest BCUT2D eigenvalue weighted by atomic mass is 9.70. The highest BCUT2D eigenvalue weighted by molar-refractivity contribution is 9.09. The molecule has 1 heterocycles. The summed E-state index contributed by atoms with van der Waals surface area (Å²) in [5.41, 5.74) is 0. The minimum atomic E-state index is 0.598. The average molecular weight is 265 g/mol. The summed E-state index contributed by atoms with van der Waals surface area (Å²) in [6.07, 6.45) is 4.73. The van der Waals surface area contributed by atoms with Crippen molar-refractivity contribution in [3.05, 3.63) is 0 Å². The second kappa shape index (κ2) is 5.04. The highest BCUT2D eigenvalue weighted by Gasteiger charge is 2.41. The first-order valence-corrected chi connectivity index (χ1v) is 7.44. The van der Waals surface area contributed by atoms with Gasteiger partial charge < -0.3 is 4.74 Å². The summed E-state index contributed by atoms with van der Waals surface area (Å²) in [5, 5.41) is 0.982. The van der Waals surface area contributed by atoms with Gasteiger partial charge in [0.2, 0.25) is 0 Å². The van der Waals surface area contributed by atoms with E-state index in [1.165, 1.54) is 30.8 Å². The van der Waals surface area contributed by atoms with Crippen molar-refractivity contribution in [3.8, 4) is 0 Å². The van der Waals surface area contributed by atoms with Gasteiger partial charge in [0.05, 0.1) is 12.7 Å². The van der Waals surface area contributed by atoms with E-state index >= 15 is 0 Å². The fourth-order valence-electron chi connectivity index (χ4n) is 2.41. The Bertz CT molecular complexity index is 165. The van der Waals surface area contributed by atoms with Crippen LogP contribution >= 0.6 is 27.7 Å². The molecule has 0 aromatic heterocycles. The second-order valence-electron chi connectivity index (χ2n) is 3.98. The Hall–Kier alpha value is 0.790. The lowest BCUT2D eigenvalue weighted by molar-refractivity contribution is -0.0757. The van der Waals surface area contributed by atoms with Gasteiger partial charge in [0.15, 0.2) is 0 Å². The highest BCUT2D eigenvalue weighted by atomic mass is 79.9. The highest BCUT2D eigenvalue weighted by Crippen LogP contribution is 2.44. The van der Waals surface area contributed by atoms with E-state index < -0.39 is 0 Å². The maximum Gasteiger partial charge on any atom is 0.0609 e. The molecule has 0 spiro atoms. The third kappa shape index (κ3) is 2.42. The Morgan fingerprint density at radius 2 is 2.38 bits per heavy atom. The summed E-state index contributed by atoms with van der Waals surface area (Å²) in [6, 6.07) is 0. The zero-order valence-corrected chi connectivity index (χ0v) is 10.3. The number of fused-ring (bicyclic) bond motifs is 1. The Kier molecular flexibility index (Phi) is 3.99. The van der Waals surface area contributed by atoms with E-state index in [9.17, 15) is 0 Å². The van der Waals surface area contributed by atoms with Crippen LogP contribution in [0.3, 0.4) is 0 Å². The molecule has 2 aliphatic rings. The number of halogens is 1. The van der Waals surface area contributed by atoms with Crippen molar-refractivity contribution in [2.24, 2.45) is 11.8 Å². The largest absolute Gasteiger partial charge is 0.377 e. The summed E-state index contributed by atoms with van der Waals surface area (Å²) in [6.45, 7) is 0.890. The predicted octanol–water partition coefficient (Wildman–Crippen LogP) is 2.93. The van der Waals surface area contributed by atoms with Gasteiger partial charge >= 0.3 is 0 Å². The molecule has 0 aromatic rings. The third-order valence-electron chi connectivity index (χ3n) is 3.19. The summed E-state index contributed by atoms with van der Waals surface area (Å²) in [7, 11) is 0. The SMILES string of the molecule is BrCCO[C@@H]1C[C@@H]2CSCCC[C@@H]21. The summed E-state index contributed by atoms with van der Waals surface area (Å²) < 4.78 is 5.80. The fraction of sp³-hybridized carbons (Fsp3) is 1.00. The molecule has 0 bridgehead atoms. The molecular weight excluding hydrogens is 248 g/mol. The zero-order valence-electron chi connectivity index (χ0n) is 7.88. The summed E-state index contributed by atoms with van der Waals surface area (Å²) in [5.74, 6) is 4.64. The molecule has 76 valence electrons. The van der Waals surface area contributed by atoms with Crippen molar-refractivity contribution in [2.75, 3.05) is 23.4 Å². The molecule has 1 saturated heterocycles. The van der Waals surface area contributed by atoms with Gasteiger partial charge in [-0.3, -0.25) is 0 Å². The van der Waals surface area contributed by atoms with E-state index in [4.69, 9.17) is 4.74 Å². The van der Waals surface area contributed by atoms with E-state index in [-0.39, 0.29) is 0 Å². The first-order chi connectivity index (χ1) is 6.42. The number of hydrogen-bond acceptors (Lipinski definition) is 2. The molecule has 2 rings (SSSR count). The lowest BCUT2D eigenvalue weighted by Gasteiger charge is -2.43. The van der Waals surface area contributed by atoms with Crippen molar-refractivity contribution in [1.29, 1.82) is 0 Å². The molecule has 1 saturated carbocycles. The molecule has 1 nitrogen and oxygen atoms in total. The maximum atomic E-state index is 5.80. The summed E-state index contributed by atoms with van der Waals surface area (Å²) in [4.78, 5) is 0. The smallest absolute Gasteiger partial charge is 0.0609 e. The van der Waals surface area contributed by atoms with Crippen molar-refractivity contribution in [1.82, 2.24) is 0 Å². The summed E-state index contributed by atoms with van der Waals surface area (Å²) >= 11 is 5.55. The lowest BCUT2D eigenvalue weighted by Crippen LogP contribution is -2.44. The molecule has 3 heteroatoms. The van der Waals surface area contributed by atoms with Crippen LogP contribution in [0, 0.1) is 11.8 Å². The van der Waals surface area contributed by atoms with Gasteiger partial charge in [-0.15, -0.1) is 0 Å². The Morgan fingerprint density at radius 1 is 1.46 bits per heavy atom. The predicted molar refractivity (Wildman–Crippen MR) is 61.7 cm³/mol. The molecule has 0 N–H and O–H groups in total. The zero-order chi connectivity index (χ0) is 9.10. The van der Waals surface area contributed by atoms with Crippen LogP contribution in [0.4, 0.5) is 0 Å². The van der Waals surface area contributed by atoms with Crippen LogP contribution in [0.1, 0.15) is 19.3 Å². The van der Waals surface area contributed by atoms with E-state index in [2.05, 4.69) is 27.7 Å². The van der Waals surface area contributed by atoms with Crippen molar-refractivity contribution < 1.29 is 4.74 Å². The molecule has 3 atom stereocenters. The van der Waals surface area contributed by atoms with Crippen molar-refractivity contribution >= 4 is 27.7 Å². The van der Waals surface area contributed by atoms with Gasteiger partial charge in [-0.05, 0) is 42.6 Å². The Balaban J connectivity index is 1.77. The van der Waals surface area contributed by atoms with E-state index in [0.717, 1.165) is 23.8 Å². The molecule has 2 fully saturated rings. The average Bonchev–Trinajstić information content (AvgIpc) is 2.29. The number of alkyl halides is 1. The van der Waals surface area contributed by atoms with Crippen LogP contribution in [0.2, 0.25) is 0 Å². The molecule has 13 heavy (non-hydrogen) atoms. The quantitative estimate of drug-likeness (QED) is 0.726. The molecule has 0 unspecified atom stereocenters. The van der Waals surface area contributed by atoms with Gasteiger partial charge in [0.1, 0.15) is 0 Å². The minimum absolute atomic E-state index is 0.598. The van der Waals surface area contributed by atoms with Gasteiger partial charge in [0.25, 0.3) is 0 Å². The maximum absolute atomic E-state index is 5.80. The van der Waals surface area contributed by atoms with E-state index in [1.54, 1.807) is 0 Å². The van der Waals surface area contributed by atoms with Gasteiger partial charge in [-0.25, -0.2) is 0 Å². The molecule has 0 radical (unpaired) electrons. The number of hydrogen-bond donors (Lipinski definition) is 0.